The molecule has 0 N–H and O–H groups in total. The maximum atomic E-state index is 13.2. The van der Waals surface area contributed by atoms with Crippen LogP contribution in [0.3, 0.4) is 0 Å². The van der Waals surface area contributed by atoms with Crippen molar-refractivity contribution in [3.8, 4) is 11.5 Å². The topological polar surface area (TPSA) is 77.0 Å². The second-order valence-corrected chi connectivity index (χ2v) is 7.18. The van der Waals surface area contributed by atoms with Crippen molar-refractivity contribution < 1.29 is 9.32 Å². The van der Waals surface area contributed by atoms with Crippen molar-refractivity contribution in [3.05, 3.63) is 89.5 Å². The molecule has 1 atom stereocenters. The predicted octanol–water partition coefficient (Wildman–Crippen LogP) is 3.26. The summed E-state index contributed by atoms with van der Waals surface area (Å²) in [7, 11) is 1.90. The number of hydrogen-bond donors (Lipinski definition) is 0. The molecule has 5 rings (SSSR count). The van der Waals surface area contributed by atoms with Gasteiger partial charge in [0.2, 0.25) is 0 Å². The van der Waals surface area contributed by atoms with E-state index in [4.69, 9.17) is 4.52 Å². The van der Waals surface area contributed by atoms with E-state index >= 15 is 0 Å². The Labute approximate surface area is 167 Å². The second kappa shape index (κ2) is 7.01. The average molecular weight is 385 g/mol. The third-order valence-corrected chi connectivity index (χ3v) is 5.26. The lowest BCUT2D eigenvalue weighted by molar-refractivity contribution is 0.0714. The van der Waals surface area contributed by atoms with E-state index in [9.17, 15) is 4.79 Å². The summed E-state index contributed by atoms with van der Waals surface area (Å²) in [4.78, 5) is 19.3. The Morgan fingerprint density at radius 2 is 2.03 bits per heavy atom. The summed E-state index contributed by atoms with van der Waals surface area (Å²) >= 11 is 0. The number of hydrogen-bond acceptors (Lipinski definition) is 5. The van der Waals surface area contributed by atoms with Crippen LogP contribution in [0.4, 0.5) is 0 Å². The Kier molecular flexibility index (Phi) is 4.20. The number of pyridine rings is 1. The van der Waals surface area contributed by atoms with Gasteiger partial charge in [0.05, 0.1) is 6.20 Å². The Hall–Kier alpha value is -3.74. The average Bonchev–Trinajstić information content (AvgIpc) is 3.42. The fraction of sp³-hybridized carbons (Fsp3) is 0.182. The lowest BCUT2D eigenvalue weighted by atomic mass is 9.86. The number of aromatic nitrogens is 4. The maximum absolute atomic E-state index is 13.2. The van der Waals surface area contributed by atoms with Gasteiger partial charge < -0.3 is 9.42 Å². The van der Waals surface area contributed by atoms with Gasteiger partial charge in [-0.05, 0) is 28.8 Å². The van der Waals surface area contributed by atoms with Crippen LogP contribution in [0.2, 0.25) is 0 Å². The first-order valence-electron chi connectivity index (χ1n) is 9.43. The van der Waals surface area contributed by atoms with Gasteiger partial charge in [-0.15, -0.1) is 0 Å². The van der Waals surface area contributed by atoms with Crippen molar-refractivity contribution in [3.63, 3.8) is 0 Å². The van der Waals surface area contributed by atoms with Crippen LogP contribution in [-0.2, 0) is 13.6 Å². The Morgan fingerprint density at radius 1 is 1.17 bits per heavy atom. The molecule has 1 aliphatic rings. The minimum absolute atomic E-state index is 0.0692. The smallest absolute Gasteiger partial charge is 0.276 e. The van der Waals surface area contributed by atoms with Crippen LogP contribution in [0.25, 0.3) is 11.5 Å². The van der Waals surface area contributed by atoms with Crippen LogP contribution in [0.5, 0.6) is 0 Å². The molecule has 7 nitrogen and oxygen atoms in total. The third-order valence-electron chi connectivity index (χ3n) is 5.26. The zero-order valence-corrected chi connectivity index (χ0v) is 15.9. The van der Waals surface area contributed by atoms with Gasteiger partial charge in [-0.2, -0.15) is 5.10 Å². The van der Waals surface area contributed by atoms with E-state index in [0.29, 0.717) is 24.5 Å². The highest BCUT2D eigenvalue weighted by molar-refractivity contribution is 5.93. The molecule has 1 aliphatic heterocycles. The summed E-state index contributed by atoms with van der Waals surface area (Å²) in [5.41, 5.74) is 4.39. The van der Waals surface area contributed by atoms with E-state index in [-0.39, 0.29) is 17.5 Å². The second-order valence-electron chi connectivity index (χ2n) is 7.18. The fourth-order valence-electron chi connectivity index (χ4n) is 3.83. The van der Waals surface area contributed by atoms with Crippen LogP contribution in [0.1, 0.15) is 33.1 Å². The molecule has 0 fully saturated rings. The zero-order valence-electron chi connectivity index (χ0n) is 15.9. The Morgan fingerprint density at radius 3 is 2.83 bits per heavy atom. The molecular formula is C22H19N5O2. The number of amides is 1. The first-order chi connectivity index (χ1) is 14.2. The molecule has 4 aromatic rings. The van der Waals surface area contributed by atoms with Crippen LogP contribution in [-0.4, -0.2) is 37.3 Å². The molecule has 0 bridgehead atoms. The van der Waals surface area contributed by atoms with Gasteiger partial charge in [0, 0.05) is 44.5 Å². The maximum Gasteiger partial charge on any atom is 0.276 e. The SMILES string of the molecule is Cn1cc(C2CN(C(=O)c3cc(-c4ccccn4)on3)Cc3ccccc32)cn1. The molecule has 0 aliphatic carbocycles. The molecule has 0 spiro atoms. The number of rotatable bonds is 3. The predicted molar refractivity (Wildman–Crippen MR) is 106 cm³/mol. The molecule has 1 unspecified atom stereocenters. The Balaban J connectivity index is 1.46. The molecule has 4 heterocycles. The highest BCUT2D eigenvalue weighted by Gasteiger charge is 2.31. The molecule has 7 heteroatoms. The van der Waals surface area contributed by atoms with Gasteiger partial charge in [-0.25, -0.2) is 0 Å². The largest absolute Gasteiger partial charge is 0.354 e. The van der Waals surface area contributed by atoms with Crippen LogP contribution in [0, 0.1) is 0 Å². The van der Waals surface area contributed by atoms with Crippen molar-refractivity contribution in [1.29, 1.82) is 0 Å². The summed E-state index contributed by atoms with van der Waals surface area (Å²) in [6.45, 7) is 1.10. The van der Waals surface area contributed by atoms with E-state index in [0.717, 1.165) is 11.1 Å². The molecule has 0 saturated carbocycles. The van der Waals surface area contributed by atoms with E-state index in [2.05, 4.69) is 27.4 Å². The van der Waals surface area contributed by atoms with Gasteiger partial charge >= 0.3 is 0 Å². The Bertz CT molecular complexity index is 1160. The minimum Gasteiger partial charge on any atom is -0.354 e. The van der Waals surface area contributed by atoms with Gasteiger partial charge in [-0.3, -0.25) is 14.5 Å². The monoisotopic (exact) mass is 385 g/mol. The van der Waals surface area contributed by atoms with Crippen molar-refractivity contribution in [2.24, 2.45) is 7.05 Å². The number of carbonyl (C=O) groups excluding carboxylic acids is 1. The summed E-state index contributed by atoms with van der Waals surface area (Å²) in [6.07, 6.45) is 5.55. The molecule has 0 saturated heterocycles. The van der Waals surface area contributed by atoms with Gasteiger partial charge in [0.15, 0.2) is 11.5 Å². The number of aryl methyl sites for hydroxylation is 1. The normalized spacial score (nSPS) is 15.9. The molecule has 3 aromatic heterocycles. The van der Waals surface area contributed by atoms with E-state index in [1.54, 1.807) is 16.9 Å². The quantitative estimate of drug-likeness (QED) is 0.541. The third kappa shape index (κ3) is 3.20. The summed E-state index contributed by atoms with van der Waals surface area (Å²) in [5.74, 6) is 0.397. The highest BCUT2D eigenvalue weighted by atomic mass is 16.5. The number of fused-ring (bicyclic) bond motifs is 1. The van der Waals surface area contributed by atoms with Crippen molar-refractivity contribution in [2.75, 3.05) is 6.54 Å². The zero-order chi connectivity index (χ0) is 19.8. The minimum atomic E-state index is -0.153. The number of carbonyl (C=O) groups is 1. The van der Waals surface area contributed by atoms with E-state index in [1.165, 1.54) is 5.56 Å². The van der Waals surface area contributed by atoms with Gasteiger partial charge in [-0.1, -0.05) is 35.5 Å². The molecular weight excluding hydrogens is 366 g/mol. The first kappa shape index (κ1) is 17.4. The van der Waals surface area contributed by atoms with Gasteiger partial charge in [0.25, 0.3) is 5.91 Å². The summed E-state index contributed by atoms with van der Waals surface area (Å²) in [5, 5.41) is 8.31. The standard InChI is InChI=1S/C22H19N5O2/c1-26-12-16(11-24-26)18-14-27(13-15-6-2-3-7-17(15)18)22(28)20-10-21(29-25-20)19-8-4-5-9-23-19/h2-12,18H,13-14H2,1H3. The molecule has 0 radical (unpaired) electrons. The highest BCUT2D eigenvalue weighted by Crippen LogP contribution is 2.34. The summed E-state index contributed by atoms with van der Waals surface area (Å²) in [6, 6.07) is 15.4. The van der Waals surface area contributed by atoms with Crippen LogP contribution < -0.4 is 0 Å². The lowest BCUT2D eigenvalue weighted by Crippen LogP contribution is -2.38. The van der Waals surface area contributed by atoms with Crippen molar-refractivity contribution >= 4 is 5.91 Å². The molecule has 144 valence electrons. The van der Waals surface area contributed by atoms with Crippen LogP contribution in [0.15, 0.2) is 71.6 Å². The molecule has 1 aromatic carbocycles. The summed E-state index contributed by atoms with van der Waals surface area (Å²) < 4.78 is 7.16. The van der Waals surface area contributed by atoms with Gasteiger partial charge in [0.1, 0.15) is 5.69 Å². The molecule has 1 amide bonds. The number of benzene rings is 1. The van der Waals surface area contributed by atoms with Crippen molar-refractivity contribution in [2.45, 2.75) is 12.5 Å². The van der Waals surface area contributed by atoms with E-state index in [1.807, 2.05) is 54.7 Å². The molecule has 29 heavy (non-hydrogen) atoms. The van der Waals surface area contributed by atoms with Crippen molar-refractivity contribution in [1.82, 2.24) is 24.8 Å². The lowest BCUT2D eigenvalue weighted by Gasteiger charge is -2.34. The first-order valence-corrected chi connectivity index (χ1v) is 9.43. The number of nitrogens with zero attached hydrogens (tertiary/aromatic N) is 5. The van der Waals surface area contributed by atoms with E-state index < -0.39 is 0 Å². The fourth-order valence-corrected chi connectivity index (χ4v) is 3.83. The van der Waals surface area contributed by atoms with Crippen LogP contribution >= 0.6 is 0 Å².